The summed E-state index contributed by atoms with van der Waals surface area (Å²) in [6, 6.07) is 47.7. The van der Waals surface area contributed by atoms with Crippen LogP contribution in [0.15, 0.2) is 200 Å². The van der Waals surface area contributed by atoms with E-state index in [1.165, 1.54) is 0 Å². The molecule has 16 rings (SSSR count). The second kappa shape index (κ2) is 28.1. The third-order valence-corrected chi connectivity index (χ3v) is 18.3. The maximum atomic E-state index is 8.68. The van der Waals surface area contributed by atoms with Crippen LogP contribution in [0.5, 0.6) is 0 Å². The third kappa shape index (κ3) is 14.0. The first-order valence-electron chi connectivity index (χ1n) is 38.5. The Labute approximate surface area is 603 Å². The summed E-state index contributed by atoms with van der Waals surface area (Å²) in [5.74, 6) is -0.242. The summed E-state index contributed by atoms with van der Waals surface area (Å²) in [6.45, 7) is 27.1. The zero-order valence-corrected chi connectivity index (χ0v) is 61.2. The van der Waals surface area contributed by atoms with Crippen LogP contribution in [-0.2, 0) is 53.7 Å². The molecular weight excluding hydrogens is 1250 g/mol. The monoisotopic (exact) mass is 1350 g/mol. The maximum absolute atomic E-state index is 8.68. The highest BCUT2D eigenvalue weighted by Gasteiger charge is 2.27. The summed E-state index contributed by atoms with van der Waals surface area (Å²) in [7, 11) is 7.90. The van der Waals surface area contributed by atoms with Gasteiger partial charge in [-0.15, -0.1) is 0 Å². The number of fused-ring (bicyclic) bond motifs is 12. The fourth-order valence-corrected chi connectivity index (χ4v) is 13.4. The first-order valence-corrected chi connectivity index (χ1v) is 34.5. The Balaban J connectivity index is 0.000000128. The molecule has 0 spiro atoms. The van der Waals surface area contributed by atoms with Gasteiger partial charge in [-0.2, -0.15) is 0 Å². The van der Waals surface area contributed by atoms with Crippen molar-refractivity contribution in [2.45, 2.75) is 122 Å². The van der Waals surface area contributed by atoms with Crippen molar-refractivity contribution >= 4 is 88.3 Å². The largest absolute Gasteiger partial charge is 0.437 e. The van der Waals surface area contributed by atoms with Gasteiger partial charge in [-0.3, -0.25) is 0 Å². The summed E-state index contributed by atoms with van der Waals surface area (Å²) in [5, 5.41) is 8.07. The van der Waals surface area contributed by atoms with Gasteiger partial charge < -0.3 is 17.7 Å². The van der Waals surface area contributed by atoms with Crippen LogP contribution in [0, 0.1) is 58.8 Å². The van der Waals surface area contributed by atoms with Gasteiger partial charge in [-0.25, -0.2) is 38.2 Å². The maximum Gasteiger partial charge on any atom is 0.227 e. The van der Waals surface area contributed by atoms with E-state index in [0.717, 1.165) is 144 Å². The highest BCUT2D eigenvalue weighted by atomic mass is 16.4. The molecule has 12 heterocycles. The zero-order valence-electron chi connectivity index (χ0n) is 69.2. The quantitative estimate of drug-likeness (QED) is 0.124. The average Bonchev–Trinajstić information content (AvgIpc) is 1.65. The molecule has 510 valence electrons. The molecule has 0 fully saturated rings. The molecule has 0 bridgehead atoms. The minimum absolute atomic E-state index is 0.120. The van der Waals surface area contributed by atoms with E-state index in [9.17, 15) is 0 Å². The standard InChI is InChI=1S/2C23H25N2O.C22H23N2O.C21H21N2O/c1-14(2)12-17-10-11-25(5)20(13-17)21-15(3)6-8-18-19-9-7-16(4)24-23(19)26-22(18)21;1-15-8-9-17-18-7-6-11-24-22(18)26-21(17)20(15)19-13-16(10-12-25(19)5)14-23(2,3)4;1-14(2)12-16-9-11-24(4)19(13-16)20-15(3)7-8-17-18-6-5-10-23-22(18)25-21(17)20;1-5-15-10-11-23(4)18(12-15)19-13(2)6-8-16-17-9-7-14(3)22-21(17)24-20(16)19/h6-11,13-14H,12H2,1-5H3;6-13H,14H2,1-5H3;5-11,13-14H,12H2,1-4H3;6-12H,5H2,1-4H3/q4*+1/i12D2;14D2;12D2;5D2. The van der Waals surface area contributed by atoms with Gasteiger partial charge in [0.25, 0.3) is 0 Å². The molecule has 0 aliphatic carbocycles. The molecule has 16 aromatic rings. The molecule has 0 atom stereocenters. The van der Waals surface area contributed by atoms with Crippen LogP contribution >= 0.6 is 0 Å². The highest BCUT2D eigenvalue weighted by molar-refractivity contribution is 6.12. The van der Waals surface area contributed by atoms with Crippen molar-refractivity contribution in [2.75, 3.05) is 0 Å². The molecule has 12 aromatic heterocycles. The fourth-order valence-electron chi connectivity index (χ4n) is 13.4. The molecule has 12 heteroatoms. The Bertz CT molecular complexity index is 6240. The Morgan fingerprint density at radius 2 is 0.673 bits per heavy atom. The van der Waals surface area contributed by atoms with E-state index in [1.54, 1.807) is 19.3 Å². The highest BCUT2D eigenvalue weighted by Crippen LogP contribution is 2.41. The summed E-state index contributed by atoms with van der Waals surface area (Å²) < 4.78 is 100. The van der Waals surface area contributed by atoms with Gasteiger partial charge in [0.2, 0.25) is 45.6 Å². The van der Waals surface area contributed by atoms with E-state index in [1.807, 2.05) is 231 Å². The average molecular weight is 1350 g/mol. The van der Waals surface area contributed by atoms with Crippen molar-refractivity contribution in [1.29, 1.82) is 0 Å². The topological polar surface area (TPSA) is 120 Å². The van der Waals surface area contributed by atoms with Crippen LogP contribution in [0.3, 0.4) is 0 Å². The molecule has 0 radical (unpaired) electrons. The van der Waals surface area contributed by atoms with E-state index in [2.05, 4.69) is 95.3 Å². The number of hydrogen-bond acceptors (Lipinski definition) is 8. The number of hydrogen-bond donors (Lipinski definition) is 0. The van der Waals surface area contributed by atoms with Crippen molar-refractivity contribution in [2.24, 2.45) is 45.4 Å². The van der Waals surface area contributed by atoms with Crippen LogP contribution in [0.2, 0.25) is 0 Å². The smallest absolute Gasteiger partial charge is 0.227 e. The number of aryl methyl sites for hydroxylation is 11. The van der Waals surface area contributed by atoms with Gasteiger partial charge in [0.15, 0.2) is 47.1 Å². The van der Waals surface area contributed by atoms with Gasteiger partial charge in [0.05, 0.1) is 22.3 Å². The lowest BCUT2D eigenvalue weighted by atomic mass is 9.88. The second-order valence-electron chi connectivity index (χ2n) is 28.1. The normalized spacial score (nSPS) is 13.5. The lowest BCUT2D eigenvalue weighted by Gasteiger charge is -2.18. The third-order valence-electron chi connectivity index (χ3n) is 18.3. The van der Waals surface area contributed by atoms with Crippen LogP contribution in [-0.4, -0.2) is 19.9 Å². The van der Waals surface area contributed by atoms with Gasteiger partial charge in [-0.1, -0.05) is 104 Å². The van der Waals surface area contributed by atoms with Gasteiger partial charge in [0, 0.05) is 126 Å². The molecule has 0 unspecified atom stereocenters. The Hall–Kier alpha value is -10.7. The van der Waals surface area contributed by atoms with E-state index in [4.69, 9.17) is 28.6 Å². The summed E-state index contributed by atoms with van der Waals surface area (Å²) in [5.41, 5.74) is 21.6. The zero-order chi connectivity index (χ0) is 78.5. The first kappa shape index (κ1) is 59.2. The summed E-state index contributed by atoms with van der Waals surface area (Å²) >= 11 is 0. The van der Waals surface area contributed by atoms with E-state index in [0.29, 0.717) is 45.1 Å². The SMILES string of the molecule is [2H]C([2H])(C)c1cc[n+](C)c(-c2c(C)ccc3c2oc2nc(C)ccc23)c1.[2H]C([2H])(c1cc[n+](C)c(-c2c(C)ccc3c2oc2nc(C)ccc23)c1)C(C)C.[2H]C([2H])(c1cc[n+](C)c(-c2c(C)ccc3c2oc2ncccc23)c1)C(C)(C)C.[2H]C([2H])(c1cc[n+](C)c(-c2c(C)ccc3c2oc2ncccc23)c1)C(C)C. The number of aromatic nitrogens is 8. The number of rotatable bonds is 10. The van der Waals surface area contributed by atoms with Gasteiger partial charge in [-0.05, 0) is 177 Å². The molecule has 0 saturated heterocycles. The van der Waals surface area contributed by atoms with Gasteiger partial charge >= 0.3 is 0 Å². The lowest BCUT2D eigenvalue weighted by molar-refractivity contribution is -0.660. The van der Waals surface area contributed by atoms with Crippen molar-refractivity contribution in [1.82, 2.24) is 19.9 Å². The van der Waals surface area contributed by atoms with Crippen molar-refractivity contribution < 1.29 is 46.9 Å². The van der Waals surface area contributed by atoms with Crippen LogP contribution in [0.4, 0.5) is 0 Å². The van der Waals surface area contributed by atoms with Crippen molar-refractivity contribution in [3.8, 4) is 45.0 Å². The van der Waals surface area contributed by atoms with Crippen LogP contribution in [0.1, 0.15) is 122 Å². The molecule has 12 nitrogen and oxygen atoms in total. The second-order valence-corrected chi connectivity index (χ2v) is 28.1. The number of nitrogens with zero attached hydrogens (tertiary/aromatic N) is 8. The molecule has 4 aromatic carbocycles. The molecule has 0 aliphatic heterocycles. The fraction of sp³-hybridized carbons (Fsp3) is 0.281. The molecule has 0 amide bonds. The predicted octanol–water partition coefficient (Wildman–Crippen LogP) is 20.3. The summed E-state index contributed by atoms with van der Waals surface area (Å²) in [4.78, 5) is 17.8. The Morgan fingerprint density at radius 3 is 1.01 bits per heavy atom. The van der Waals surface area contributed by atoms with E-state index in [-0.39, 0.29) is 11.8 Å². The minimum Gasteiger partial charge on any atom is -0.437 e. The Kier molecular flexibility index (Phi) is 16.5. The van der Waals surface area contributed by atoms with Gasteiger partial charge in [0.1, 0.15) is 28.2 Å². The predicted molar refractivity (Wildman–Crippen MR) is 411 cm³/mol. The van der Waals surface area contributed by atoms with Crippen molar-refractivity contribution in [3.05, 3.63) is 239 Å². The minimum atomic E-state index is -1.47. The summed E-state index contributed by atoms with van der Waals surface area (Å²) in [6.07, 6.45) is 5.45. The Morgan fingerprint density at radius 1 is 0.376 bits per heavy atom. The molecular formula is C89H94N8O4+4. The molecule has 0 aliphatic rings. The van der Waals surface area contributed by atoms with Crippen LogP contribution in [0.25, 0.3) is 133 Å². The molecule has 0 N–H and O–H groups in total. The van der Waals surface area contributed by atoms with E-state index >= 15 is 0 Å². The number of furan rings is 4. The number of benzene rings is 4. The molecule has 101 heavy (non-hydrogen) atoms. The van der Waals surface area contributed by atoms with E-state index < -0.39 is 30.9 Å². The number of pyridine rings is 8. The first-order chi connectivity index (χ1) is 51.4. The molecule has 0 saturated carbocycles. The lowest BCUT2D eigenvalue weighted by Crippen LogP contribution is -2.31. The van der Waals surface area contributed by atoms with Crippen LogP contribution < -0.4 is 18.3 Å². The van der Waals surface area contributed by atoms with Crippen molar-refractivity contribution in [3.63, 3.8) is 0 Å².